The van der Waals surface area contributed by atoms with Crippen molar-refractivity contribution >= 4 is 68.9 Å². The number of anilines is 2. The van der Waals surface area contributed by atoms with Gasteiger partial charge in [0.15, 0.2) is 0 Å². The molecule has 218 valence electrons. The largest absolute Gasteiger partial charge is 0.321 e. The van der Waals surface area contributed by atoms with Crippen molar-refractivity contribution in [2.75, 3.05) is 16.4 Å². The van der Waals surface area contributed by atoms with E-state index in [1.807, 2.05) is 65.5 Å². The van der Waals surface area contributed by atoms with Gasteiger partial charge in [-0.1, -0.05) is 54.1 Å². The van der Waals surface area contributed by atoms with E-state index in [0.717, 1.165) is 27.1 Å². The summed E-state index contributed by atoms with van der Waals surface area (Å²) in [6.07, 6.45) is 1.62. The molecule has 2 aromatic heterocycles. The molecule has 0 saturated heterocycles. The van der Waals surface area contributed by atoms with E-state index >= 15 is 0 Å². The molecule has 3 N–H and O–H groups in total. The van der Waals surface area contributed by atoms with Crippen LogP contribution in [0, 0.1) is 18.3 Å². The Bertz CT molecular complexity index is 1860. The quantitative estimate of drug-likeness (QED) is 0.107. The highest BCUT2D eigenvalue weighted by Gasteiger charge is 2.17. The van der Waals surface area contributed by atoms with Crippen LogP contribution in [0.15, 0.2) is 112 Å². The number of nitrogens with zero attached hydrogens (tertiary/aromatic N) is 1. The number of rotatable bonds is 10. The first kappa shape index (κ1) is 30.5. The molecule has 44 heavy (non-hydrogen) atoms. The van der Waals surface area contributed by atoms with Crippen LogP contribution in [0.1, 0.15) is 27.0 Å². The standard InChI is InChI=1S/C34H26N4O3S3/c1-22-10-12-24(13-11-22)29-20-44-34(28(29)18-35)38-31(39)21-43-27-9-5-8-26(17-27)36-33(41)30(16-23-14-15-42-19-23)37-32(40)25-6-3-2-4-7-25/h2-17,19-20H,21H2,1H3,(H,36,41)(H,37,40)(H,38,39)/b30-16-. The topological polar surface area (TPSA) is 111 Å². The predicted octanol–water partition coefficient (Wildman–Crippen LogP) is 7.80. The average Bonchev–Trinajstić information content (AvgIpc) is 3.70. The van der Waals surface area contributed by atoms with Gasteiger partial charge in [0.25, 0.3) is 11.8 Å². The summed E-state index contributed by atoms with van der Waals surface area (Å²) in [7, 11) is 0. The van der Waals surface area contributed by atoms with Gasteiger partial charge in [0.2, 0.25) is 5.91 Å². The first-order chi connectivity index (χ1) is 21.4. The van der Waals surface area contributed by atoms with E-state index in [4.69, 9.17) is 0 Å². The molecule has 0 saturated carbocycles. The van der Waals surface area contributed by atoms with Crippen molar-refractivity contribution in [3.05, 3.63) is 129 Å². The van der Waals surface area contributed by atoms with Gasteiger partial charge < -0.3 is 16.0 Å². The molecule has 7 nitrogen and oxygen atoms in total. The number of hydrogen-bond acceptors (Lipinski definition) is 7. The Balaban J connectivity index is 1.22. The summed E-state index contributed by atoms with van der Waals surface area (Å²) in [4.78, 5) is 39.7. The van der Waals surface area contributed by atoms with Gasteiger partial charge in [-0.3, -0.25) is 14.4 Å². The van der Waals surface area contributed by atoms with Gasteiger partial charge in [-0.2, -0.15) is 16.6 Å². The molecule has 0 aliphatic carbocycles. The van der Waals surface area contributed by atoms with Crippen LogP contribution < -0.4 is 16.0 Å². The molecule has 0 unspecified atom stereocenters. The molecule has 0 aliphatic rings. The molecule has 0 atom stereocenters. The van der Waals surface area contributed by atoms with Crippen molar-refractivity contribution < 1.29 is 14.4 Å². The lowest BCUT2D eigenvalue weighted by Crippen LogP contribution is -2.30. The van der Waals surface area contributed by atoms with E-state index in [-0.39, 0.29) is 17.4 Å². The molecule has 2 heterocycles. The third-order valence-corrected chi connectivity index (χ3v) is 8.95. The third kappa shape index (κ3) is 7.90. The van der Waals surface area contributed by atoms with Crippen molar-refractivity contribution in [3.8, 4) is 17.2 Å². The number of aryl methyl sites for hydroxylation is 1. The summed E-state index contributed by atoms with van der Waals surface area (Å²) >= 11 is 4.11. The summed E-state index contributed by atoms with van der Waals surface area (Å²) < 4.78 is 0. The molecule has 0 radical (unpaired) electrons. The molecule has 0 spiro atoms. The number of nitrogens with one attached hydrogen (secondary N) is 3. The highest BCUT2D eigenvalue weighted by Crippen LogP contribution is 2.35. The Labute approximate surface area is 267 Å². The summed E-state index contributed by atoms with van der Waals surface area (Å²) in [6.45, 7) is 2.00. The number of thiophene rings is 2. The van der Waals surface area contributed by atoms with Crippen LogP contribution in [-0.2, 0) is 9.59 Å². The fourth-order valence-electron chi connectivity index (χ4n) is 4.15. The monoisotopic (exact) mass is 634 g/mol. The smallest absolute Gasteiger partial charge is 0.272 e. The maximum Gasteiger partial charge on any atom is 0.272 e. The molecule has 0 aliphatic heterocycles. The van der Waals surface area contributed by atoms with Gasteiger partial charge in [0.05, 0.1) is 11.3 Å². The van der Waals surface area contributed by atoms with Gasteiger partial charge in [-0.05, 0) is 71.3 Å². The first-order valence-electron chi connectivity index (χ1n) is 13.4. The summed E-state index contributed by atoms with van der Waals surface area (Å²) in [5.74, 6) is -1.01. The SMILES string of the molecule is Cc1ccc(-c2csc(NC(=O)CSc3cccc(NC(=O)/C(=C/c4ccsc4)NC(=O)c4ccccc4)c3)c2C#N)cc1. The Morgan fingerprint density at radius 1 is 0.932 bits per heavy atom. The van der Waals surface area contributed by atoms with E-state index in [9.17, 15) is 19.6 Å². The van der Waals surface area contributed by atoms with E-state index in [1.54, 1.807) is 48.5 Å². The number of hydrogen-bond donors (Lipinski definition) is 3. The lowest BCUT2D eigenvalue weighted by atomic mass is 10.0. The van der Waals surface area contributed by atoms with Crippen LogP contribution in [0.5, 0.6) is 0 Å². The normalized spacial score (nSPS) is 11.0. The van der Waals surface area contributed by atoms with Gasteiger partial charge in [0, 0.05) is 27.1 Å². The predicted molar refractivity (Wildman–Crippen MR) is 180 cm³/mol. The van der Waals surface area contributed by atoms with Crippen molar-refractivity contribution in [2.45, 2.75) is 11.8 Å². The van der Waals surface area contributed by atoms with Crippen LogP contribution in [0.4, 0.5) is 10.7 Å². The molecule has 10 heteroatoms. The first-order valence-corrected chi connectivity index (χ1v) is 16.2. The molecule has 5 rings (SSSR count). The Kier molecular flexibility index (Phi) is 10.0. The van der Waals surface area contributed by atoms with Gasteiger partial charge in [0.1, 0.15) is 16.8 Å². The minimum atomic E-state index is -0.480. The number of nitriles is 1. The van der Waals surface area contributed by atoms with E-state index < -0.39 is 11.8 Å². The van der Waals surface area contributed by atoms with Crippen molar-refractivity contribution in [1.29, 1.82) is 5.26 Å². The van der Waals surface area contributed by atoms with E-state index in [0.29, 0.717) is 21.8 Å². The van der Waals surface area contributed by atoms with E-state index in [2.05, 4.69) is 22.0 Å². The number of benzene rings is 3. The van der Waals surface area contributed by atoms with Crippen LogP contribution in [-0.4, -0.2) is 23.5 Å². The lowest BCUT2D eigenvalue weighted by Gasteiger charge is -2.12. The highest BCUT2D eigenvalue weighted by molar-refractivity contribution is 8.00. The second-order valence-corrected chi connectivity index (χ2v) is 12.3. The zero-order valence-corrected chi connectivity index (χ0v) is 25.9. The Hall–Kier alpha value is -4.95. The maximum atomic E-state index is 13.3. The summed E-state index contributed by atoms with van der Waals surface area (Å²) in [6, 6.07) is 27.8. The number of carbonyl (C=O) groups excluding carboxylic acids is 3. The average molecular weight is 635 g/mol. The number of amides is 3. The molecule has 0 fully saturated rings. The van der Waals surface area contributed by atoms with Crippen molar-refractivity contribution in [3.63, 3.8) is 0 Å². The Morgan fingerprint density at radius 2 is 1.73 bits per heavy atom. The summed E-state index contributed by atoms with van der Waals surface area (Å²) in [5.41, 5.74) is 5.11. The van der Waals surface area contributed by atoms with Gasteiger partial charge in [-0.15, -0.1) is 23.1 Å². The van der Waals surface area contributed by atoms with Gasteiger partial charge in [-0.25, -0.2) is 0 Å². The molecule has 3 aromatic carbocycles. The van der Waals surface area contributed by atoms with Crippen LogP contribution in [0.25, 0.3) is 17.2 Å². The van der Waals surface area contributed by atoms with Crippen molar-refractivity contribution in [2.24, 2.45) is 0 Å². The fraction of sp³-hybridized carbons (Fsp3) is 0.0588. The van der Waals surface area contributed by atoms with Crippen LogP contribution in [0.2, 0.25) is 0 Å². The van der Waals surface area contributed by atoms with E-state index in [1.165, 1.54) is 34.4 Å². The molecule has 5 aromatic rings. The van der Waals surface area contributed by atoms with Crippen molar-refractivity contribution in [1.82, 2.24) is 5.32 Å². The maximum absolute atomic E-state index is 13.3. The van der Waals surface area contributed by atoms with Gasteiger partial charge >= 0.3 is 0 Å². The number of carbonyl (C=O) groups is 3. The minimum absolute atomic E-state index is 0.101. The van der Waals surface area contributed by atoms with Crippen LogP contribution >= 0.6 is 34.4 Å². The zero-order chi connectivity index (χ0) is 30.9. The molecule has 3 amide bonds. The molecular formula is C34H26N4O3S3. The lowest BCUT2D eigenvalue weighted by molar-refractivity contribution is -0.114. The zero-order valence-electron chi connectivity index (χ0n) is 23.5. The summed E-state index contributed by atoms with van der Waals surface area (Å²) in [5, 5.41) is 24.4. The minimum Gasteiger partial charge on any atom is -0.321 e. The second-order valence-electron chi connectivity index (χ2n) is 9.58. The second kappa shape index (κ2) is 14.5. The number of thioether (sulfide) groups is 1. The highest BCUT2D eigenvalue weighted by atomic mass is 32.2. The molecular weight excluding hydrogens is 609 g/mol. The molecule has 0 bridgehead atoms. The Morgan fingerprint density at radius 3 is 2.45 bits per heavy atom. The third-order valence-electron chi connectivity index (χ3n) is 6.36. The van der Waals surface area contributed by atoms with Crippen LogP contribution in [0.3, 0.4) is 0 Å². The fourth-order valence-corrected chi connectivity index (χ4v) is 6.46.